The lowest BCUT2D eigenvalue weighted by Gasteiger charge is -2.11. The smallest absolute Gasteiger partial charge is 0.122 e. The third-order valence-corrected chi connectivity index (χ3v) is 2.94. The lowest BCUT2D eigenvalue weighted by atomic mass is 10.0. The summed E-state index contributed by atoms with van der Waals surface area (Å²) in [5.41, 5.74) is 3.90. The average Bonchev–Trinajstić information content (AvgIpc) is 2.28. The Balaban J connectivity index is 2.63. The molecule has 90 valence electrons. The molecule has 1 rings (SSSR count). The zero-order chi connectivity index (χ0) is 12.0. The van der Waals surface area contributed by atoms with E-state index in [2.05, 4.69) is 43.9 Å². The molecule has 0 saturated carbocycles. The Hall–Kier alpha value is -0.670. The van der Waals surface area contributed by atoms with Crippen molar-refractivity contribution < 1.29 is 4.74 Å². The van der Waals surface area contributed by atoms with Crippen LogP contribution in [0.3, 0.4) is 0 Å². The Morgan fingerprint density at radius 2 is 1.94 bits per heavy atom. The zero-order valence-electron chi connectivity index (χ0n) is 10.3. The molecule has 0 heterocycles. The standard InChI is InChI=1S/C13H21NOS/c1-10-9-13(15-3)11(2)8-12(10)4-5-14-6-7-16/h8-9,14,16H,4-7H2,1-3H3. The topological polar surface area (TPSA) is 21.3 Å². The van der Waals surface area contributed by atoms with E-state index >= 15 is 0 Å². The van der Waals surface area contributed by atoms with Gasteiger partial charge in [0.1, 0.15) is 5.75 Å². The quantitative estimate of drug-likeness (QED) is 0.587. The minimum atomic E-state index is 0.890. The third kappa shape index (κ3) is 3.72. The van der Waals surface area contributed by atoms with Crippen LogP contribution in [0.5, 0.6) is 5.75 Å². The van der Waals surface area contributed by atoms with Crippen molar-refractivity contribution in [2.45, 2.75) is 20.3 Å². The first-order valence-corrected chi connectivity index (χ1v) is 6.28. The van der Waals surface area contributed by atoms with E-state index in [1.54, 1.807) is 7.11 Å². The molecule has 0 aliphatic carbocycles. The highest BCUT2D eigenvalue weighted by atomic mass is 32.1. The first-order valence-electron chi connectivity index (χ1n) is 5.64. The molecule has 0 unspecified atom stereocenters. The highest BCUT2D eigenvalue weighted by Crippen LogP contribution is 2.22. The highest BCUT2D eigenvalue weighted by molar-refractivity contribution is 7.80. The van der Waals surface area contributed by atoms with Crippen LogP contribution in [0.2, 0.25) is 0 Å². The zero-order valence-corrected chi connectivity index (χ0v) is 11.2. The number of ether oxygens (including phenoxy) is 1. The van der Waals surface area contributed by atoms with Crippen molar-refractivity contribution in [2.24, 2.45) is 0 Å². The van der Waals surface area contributed by atoms with Crippen LogP contribution in [0.15, 0.2) is 12.1 Å². The Kier molecular flexibility index (Phi) is 5.71. The van der Waals surface area contributed by atoms with Crippen molar-refractivity contribution in [3.63, 3.8) is 0 Å². The van der Waals surface area contributed by atoms with Gasteiger partial charge in [0.2, 0.25) is 0 Å². The molecule has 0 spiro atoms. The Bertz CT molecular complexity index is 339. The molecule has 0 saturated heterocycles. The summed E-state index contributed by atoms with van der Waals surface area (Å²) >= 11 is 4.16. The van der Waals surface area contributed by atoms with Crippen LogP contribution in [-0.4, -0.2) is 26.0 Å². The van der Waals surface area contributed by atoms with Crippen LogP contribution in [0.25, 0.3) is 0 Å². The van der Waals surface area contributed by atoms with Gasteiger partial charge in [-0.1, -0.05) is 6.07 Å². The van der Waals surface area contributed by atoms with E-state index in [1.807, 2.05) is 0 Å². The van der Waals surface area contributed by atoms with Gasteiger partial charge in [-0.05, 0) is 49.6 Å². The molecular formula is C13H21NOS. The van der Waals surface area contributed by atoms with Gasteiger partial charge in [0.05, 0.1) is 7.11 Å². The lowest BCUT2D eigenvalue weighted by molar-refractivity contribution is 0.411. The second-order valence-electron chi connectivity index (χ2n) is 3.97. The summed E-state index contributed by atoms with van der Waals surface area (Å²) in [6.07, 6.45) is 1.06. The van der Waals surface area contributed by atoms with Crippen molar-refractivity contribution in [1.29, 1.82) is 0 Å². The highest BCUT2D eigenvalue weighted by Gasteiger charge is 2.04. The van der Waals surface area contributed by atoms with E-state index in [0.29, 0.717) is 0 Å². The van der Waals surface area contributed by atoms with Crippen molar-refractivity contribution in [1.82, 2.24) is 5.32 Å². The average molecular weight is 239 g/mol. The summed E-state index contributed by atoms with van der Waals surface area (Å²) in [5, 5.41) is 3.35. The van der Waals surface area contributed by atoms with Gasteiger partial charge >= 0.3 is 0 Å². The first-order chi connectivity index (χ1) is 7.69. The van der Waals surface area contributed by atoms with Crippen LogP contribution in [0.4, 0.5) is 0 Å². The maximum atomic E-state index is 5.30. The number of hydrogen-bond acceptors (Lipinski definition) is 3. The first kappa shape index (κ1) is 13.4. The van der Waals surface area contributed by atoms with Crippen LogP contribution in [-0.2, 0) is 6.42 Å². The van der Waals surface area contributed by atoms with Gasteiger partial charge in [-0.2, -0.15) is 12.6 Å². The predicted octanol–water partition coefficient (Wildman–Crippen LogP) is 2.37. The number of nitrogens with one attached hydrogen (secondary N) is 1. The summed E-state index contributed by atoms with van der Waals surface area (Å²) in [7, 11) is 1.72. The van der Waals surface area contributed by atoms with Crippen molar-refractivity contribution in [3.05, 3.63) is 28.8 Å². The van der Waals surface area contributed by atoms with E-state index in [0.717, 1.165) is 31.0 Å². The fourth-order valence-corrected chi connectivity index (χ4v) is 1.92. The van der Waals surface area contributed by atoms with Crippen LogP contribution < -0.4 is 10.1 Å². The molecule has 0 atom stereocenters. The summed E-state index contributed by atoms with van der Waals surface area (Å²) in [6.45, 7) is 6.20. The van der Waals surface area contributed by atoms with Gasteiger partial charge in [0.25, 0.3) is 0 Å². The normalized spacial score (nSPS) is 10.5. The van der Waals surface area contributed by atoms with Gasteiger partial charge < -0.3 is 10.1 Å². The van der Waals surface area contributed by atoms with E-state index in [4.69, 9.17) is 4.74 Å². The third-order valence-electron chi connectivity index (χ3n) is 2.71. The van der Waals surface area contributed by atoms with E-state index < -0.39 is 0 Å². The van der Waals surface area contributed by atoms with E-state index in [-0.39, 0.29) is 0 Å². The Morgan fingerprint density at radius 3 is 2.56 bits per heavy atom. The van der Waals surface area contributed by atoms with Gasteiger partial charge in [-0.15, -0.1) is 0 Å². The van der Waals surface area contributed by atoms with Gasteiger partial charge in [-0.25, -0.2) is 0 Å². The number of thiol groups is 1. The number of aryl methyl sites for hydroxylation is 2. The Morgan fingerprint density at radius 1 is 1.19 bits per heavy atom. The molecule has 0 radical (unpaired) electrons. The van der Waals surface area contributed by atoms with E-state index in [9.17, 15) is 0 Å². The fourth-order valence-electron chi connectivity index (χ4n) is 1.77. The molecule has 0 bridgehead atoms. The van der Waals surface area contributed by atoms with Crippen LogP contribution in [0, 0.1) is 13.8 Å². The molecule has 16 heavy (non-hydrogen) atoms. The number of hydrogen-bond donors (Lipinski definition) is 2. The summed E-state index contributed by atoms with van der Waals surface area (Å²) in [6, 6.07) is 4.33. The largest absolute Gasteiger partial charge is 0.496 e. The molecule has 0 fully saturated rings. The molecule has 0 aliphatic rings. The molecule has 0 aromatic heterocycles. The van der Waals surface area contributed by atoms with Crippen molar-refractivity contribution in [3.8, 4) is 5.75 Å². The van der Waals surface area contributed by atoms with Crippen LogP contribution in [0.1, 0.15) is 16.7 Å². The maximum absolute atomic E-state index is 5.30. The molecule has 3 heteroatoms. The van der Waals surface area contributed by atoms with E-state index in [1.165, 1.54) is 16.7 Å². The van der Waals surface area contributed by atoms with Gasteiger partial charge in [0, 0.05) is 12.3 Å². The lowest BCUT2D eigenvalue weighted by Crippen LogP contribution is -2.19. The number of methoxy groups -OCH3 is 1. The van der Waals surface area contributed by atoms with Gasteiger partial charge in [-0.3, -0.25) is 0 Å². The summed E-state index contributed by atoms with van der Waals surface area (Å²) in [5.74, 6) is 1.87. The minimum absolute atomic E-state index is 0.890. The van der Waals surface area contributed by atoms with Crippen molar-refractivity contribution in [2.75, 3.05) is 26.0 Å². The maximum Gasteiger partial charge on any atom is 0.122 e. The van der Waals surface area contributed by atoms with Crippen LogP contribution >= 0.6 is 12.6 Å². The molecular weight excluding hydrogens is 218 g/mol. The predicted molar refractivity (Wildman–Crippen MR) is 72.9 cm³/mol. The minimum Gasteiger partial charge on any atom is -0.496 e. The molecule has 0 amide bonds. The molecule has 1 N–H and O–H groups in total. The summed E-state index contributed by atoms with van der Waals surface area (Å²) in [4.78, 5) is 0. The molecule has 0 aliphatic heterocycles. The monoisotopic (exact) mass is 239 g/mol. The fraction of sp³-hybridized carbons (Fsp3) is 0.538. The SMILES string of the molecule is COc1cc(C)c(CCNCCS)cc1C. The molecule has 2 nitrogen and oxygen atoms in total. The molecule has 1 aromatic carbocycles. The second kappa shape index (κ2) is 6.81. The Labute approximate surface area is 104 Å². The summed E-state index contributed by atoms with van der Waals surface area (Å²) < 4.78 is 5.30. The number of rotatable bonds is 6. The second-order valence-corrected chi connectivity index (χ2v) is 4.42. The van der Waals surface area contributed by atoms with Crippen molar-refractivity contribution >= 4 is 12.6 Å². The molecule has 1 aromatic rings. The van der Waals surface area contributed by atoms with Gasteiger partial charge in [0.15, 0.2) is 0 Å². The number of benzene rings is 1.